The molecular weight excluding hydrogens is 420 g/mol. The minimum Gasteiger partial charge on any atom is -0.326 e. The van der Waals surface area contributed by atoms with Gasteiger partial charge in [-0.3, -0.25) is 19.2 Å². The number of rotatable bonds is 12. The normalized spacial score (nSPS) is 10.2. The molecule has 176 valence electrons. The summed E-state index contributed by atoms with van der Waals surface area (Å²) in [6.45, 7) is 2.87. The van der Waals surface area contributed by atoms with Crippen molar-refractivity contribution in [3.05, 3.63) is 48.5 Å². The van der Waals surface area contributed by atoms with Crippen LogP contribution in [-0.4, -0.2) is 23.6 Å². The summed E-state index contributed by atoms with van der Waals surface area (Å²) in [5.74, 6) is -0.439. The Hall–Kier alpha value is -3.68. The van der Waals surface area contributed by atoms with Crippen LogP contribution in [0.15, 0.2) is 48.5 Å². The second-order valence-corrected chi connectivity index (χ2v) is 7.89. The minimum atomic E-state index is -0.160. The Morgan fingerprint density at radius 3 is 1.24 bits per heavy atom. The lowest BCUT2D eigenvalue weighted by atomic mass is 10.1. The molecule has 0 unspecified atom stereocenters. The van der Waals surface area contributed by atoms with Gasteiger partial charge in [-0.05, 0) is 49.2 Å². The van der Waals surface area contributed by atoms with Gasteiger partial charge in [0.25, 0.3) is 0 Å². The molecule has 0 saturated carbocycles. The molecule has 0 aromatic heterocycles. The quantitative estimate of drug-likeness (QED) is 0.342. The van der Waals surface area contributed by atoms with Crippen LogP contribution in [0, 0.1) is 0 Å². The third kappa shape index (κ3) is 11.0. The van der Waals surface area contributed by atoms with Gasteiger partial charge >= 0.3 is 0 Å². The predicted octanol–water partition coefficient (Wildman–Crippen LogP) is 4.91. The molecule has 4 N–H and O–H groups in total. The van der Waals surface area contributed by atoms with E-state index in [0.29, 0.717) is 35.6 Å². The molecule has 0 heterocycles. The number of unbranched alkanes of at least 4 members (excludes halogenated alkanes) is 4. The third-order valence-corrected chi connectivity index (χ3v) is 4.74. The van der Waals surface area contributed by atoms with Crippen LogP contribution >= 0.6 is 0 Å². The lowest BCUT2D eigenvalue weighted by Gasteiger charge is -2.08. The van der Waals surface area contributed by atoms with E-state index in [2.05, 4.69) is 21.3 Å². The van der Waals surface area contributed by atoms with Gasteiger partial charge in [-0.2, -0.15) is 0 Å². The maximum atomic E-state index is 12.1. The predicted molar refractivity (Wildman–Crippen MR) is 131 cm³/mol. The van der Waals surface area contributed by atoms with Gasteiger partial charge in [0.1, 0.15) is 0 Å². The molecule has 0 radical (unpaired) electrons. The summed E-state index contributed by atoms with van der Waals surface area (Å²) in [6.07, 6.45) is 5.19. The summed E-state index contributed by atoms with van der Waals surface area (Å²) in [5.41, 5.74) is 2.59. The van der Waals surface area contributed by atoms with Gasteiger partial charge in [0.2, 0.25) is 23.6 Å². The fraction of sp³-hybridized carbons (Fsp3) is 0.360. The van der Waals surface area contributed by atoms with Crippen molar-refractivity contribution in [2.75, 3.05) is 21.3 Å². The molecule has 0 spiro atoms. The first kappa shape index (κ1) is 25.6. The van der Waals surface area contributed by atoms with Crippen molar-refractivity contribution < 1.29 is 19.2 Å². The van der Waals surface area contributed by atoms with Crippen LogP contribution in [0.3, 0.4) is 0 Å². The third-order valence-electron chi connectivity index (χ3n) is 4.74. The molecule has 0 atom stereocenters. The molecule has 0 aliphatic heterocycles. The maximum Gasteiger partial charge on any atom is 0.224 e. The highest BCUT2D eigenvalue weighted by molar-refractivity contribution is 5.94. The van der Waals surface area contributed by atoms with E-state index in [0.717, 1.165) is 32.1 Å². The maximum absolute atomic E-state index is 12.1. The van der Waals surface area contributed by atoms with Crippen LogP contribution in [0.25, 0.3) is 0 Å². The highest BCUT2D eigenvalue weighted by Gasteiger charge is 2.06. The zero-order chi connectivity index (χ0) is 24.1. The minimum absolute atomic E-state index is 0.0594. The first-order valence-corrected chi connectivity index (χ1v) is 11.2. The number of anilines is 4. The number of carbonyl (C=O) groups is 4. The summed E-state index contributed by atoms with van der Waals surface area (Å²) in [7, 11) is 0. The first-order chi connectivity index (χ1) is 15.8. The molecule has 0 bridgehead atoms. The van der Waals surface area contributed by atoms with Crippen molar-refractivity contribution in [3.63, 3.8) is 0 Å². The first-order valence-electron chi connectivity index (χ1n) is 11.2. The summed E-state index contributed by atoms with van der Waals surface area (Å²) in [5, 5.41) is 11.1. The zero-order valence-electron chi connectivity index (χ0n) is 19.2. The van der Waals surface area contributed by atoms with Crippen LogP contribution in [-0.2, 0) is 19.2 Å². The van der Waals surface area contributed by atoms with Crippen molar-refractivity contribution in [2.24, 2.45) is 0 Å². The van der Waals surface area contributed by atoms with Gasteiger partial charge in [-0.25, -0.2) is 0 Å². The number of hydrogen-bond donors (Lipinski definition) is 4. The zero-order valence-corrected chi connectivity index (χ0v) is 19.2. The Morgan fingerprint density at radius 1 is 0.545 bits per heavy atom. The van der Waals surface area contributed by atoms with E-state index >= 15 is 0 Å². The Bertz CT molecular complexity index is 897. The van der Waals surface area contributed by atoms with Gasteiger partial charge in [0.15, 0.2) is 0 Å². The summed E-state index contributed by atoms with van der Waals surface area (Å²) in [4.78, 5) is 46.5. The molecule has 33 heavy (non-hydrogen) atoms. The molecule has 2 aromatic carbocycles. The van der Waals surface area contributed by atoms with E-state index in [1.54, 1.807) is 48.5 Å². The monoisotopic (exact) mass is 452 g/mol. The van der Waals surface area contributed by atoms with E-state index < -0.39 is 0 Å². The van der Waals surface area contributed by atoms with Gasteiger partial charge < -0.3 is 21.3 Å². The summed E-state index contributed by atoms with van der Waals surface area (Å²) in [6, 6.07) is 14.1. The van der Waals surface area contributed by atoms with Crippen LogP contribution in [0.4, 0.5) is 22.7 Å². The molecule has 2 rings (SSSR count). The van der Waals surface area contributed by atoms with Crippen LogP contribution in [0.2, 0.25) is 0 Å². The largest absolute Gasteiger partial charge is 0.326 e. The van der Waals surface area contributed by atoms with Crippen molar-refractivity contribution in [2.45, 2.75) is 58.8 Å². The molecule has 0 aliphatic rings. The molecule has 2 aromatic rings. The van der Waals surface area contributed by atoms with Gasteiger partial charge in [-0.1, -0.05) is 31.4 Å². The molecule has 0 fully saturated rings. The highest BCUT2D eigenvalue weighted by atomic mass is 16.2. The molecular formula is C25H32N4O4. The summed E-state index contributed by atoms with van der Waals surface area (Å²) < 4.78 is 0. The molecule has 8 nitrogen and oxygen atoms in total. The van der Waals surface area contributed by atoms with Crippen molar-refractivity contribution >= 4 is 46.4 Å². The standard InChI is InChI=1S/C25H32N4O4/c1-18(30)26-20-10-8-12-22(16-20)28-24(32)14-6-4-3-5-7-15-25(33)29-23-13-9-11-21(17-23)27-19(2)31/h8-13,16-17H,3-7,14-15H2,1-2H3,(H,26,30)(H,27,31)(H,28,32)(H,29,33). The van der Waals surface area contributed by atoms with E-state index in [-0.39, 0.29) is 23.6 Å². The fourth-order valence-corrected chi connectivity index (χ4v) is 3.30. The van der Waals surface area contributed by atoms with Crippen molar-refractivity contribution in [3.8, 4) is 0 Å². The Morgan fingerprint density at radius 2 is 0.879 bits per heavy atom. The van der Waals surface area contributed by atoms with E-state index in [1.165, 1.54) is 13.8 Å². The second kappa shape index (κ2) is 13.7. The molecule has 0 saturated heterocycles. The number of hydrogen-bond acceptors (Lipinski definition) is 4. The number of nitrogens with one attached hydrogen (secondary N) is 4. The molecule has 0 aliphatic carbocycles. The average Bonchev–Trinajstić information content (AvgIpc) is 2.72. The Balaban J connectivity index is 1.57. The topological polar surface area (TPSA) is 116 Å². The Labute approximate surface area is 194 Å². The Kier molecular flexibility index (Phi) is 10.6. The van der Waals surface area contributed by atoms with Crippen molar-refractivity contribution in [1.82, 2.24) is 0 Å². The fourth-order valence-electron chi connectivity index (χ4n) is 3.30. The van der Waals surface area contributed by atoms with Crippen LogP contribution in [0.1, 0.15) is 58.8 Å². The van der Waals surface area contributed by atoms with Crippen LogP contribution in [0.5, 0.6) is 0 Å². The summed E-state index contributed by atoms with van der Waals surface area (Å²) >= 11 is 0. The van der Waals surface area contributed by atoms with Crippen molar-refractivity contribution in [1.29, 1.82) is 0 Å². The average molecular weight is 453 g/mol. The smallest absolute Gasteiger partial charge is 0.224 e. The number of benzene rings is 2. The molecule has 8 heteroatoms. The van der Waals surface area contributed by atoms with Gasteiger partial charge in [-0.15, -0.1) is 0 Å². The SMILES string of the molecule is CC(=O)Nc1cccc(NC(=O)CCCCCCCC(=O)Nc2cccc(NC(C)=O)c2)c1. The van der Waals surface area contributed by atoms with Gasteiger partial charge in [0.05, 0.1) is 0 Å². The van der Waals surface area contributed by atoms with Gasteiger partial charge in [0, 0.05) is 49.4 Å². The van der Waals surface area contributed by atoms with E-state index in [4.69, 9.17) is 0 Å². The van der Waals surface area contributed by atoms with Crippen LogP contribution < -0.4 is 21.3 Å². The molecule has 4 amide bonds. The highest BCUT2D eigenvalue weighted by Crippen LogP contribution is 2.17. The second-order valence-electron chi connectivity index (χ2n) is 7.89. The van der Waals surface area contributed by atoms with E-state index in [1.807, 2.05) is 0 Å². The lowest BCUT2D eigenvalue weighted by Crippen LogP contribution is -2.12. The number of carbonyl (C=O) groups excluding carboxylic acids is 4. The van der Waals surface area contributed by atoms with E-state index in [9.17, 15) is 19.2 Å². The lowest BCUT2D eigenvalue weighted by molar-refractivity contribution is -0.117. The number of amides is 4.